The molecular weight excluding hydrogens is 404 g/mol. The van der Waals surface area contributed by atoms with Gasteiger partial charge in [-0.1, -0.05) is 24.3 Å². The zero-order valence-electron chi connectivity index (χ0n) is 15.9. The van der Waals surface area contributed by atoms with Crippen LogP contribution in [0.5, 0.6) is 11.6 Å². The number of rotatable bonds is 8. The minimum absolute atomic E-state index is 0.0884. The zero-order valence-corrected chi connectivity index (χ0v) is 16.7. The topological polar surface area (TPSA) is 101 Å². The van der Waals surface area contributed by atoms with Gasteiger partial charge >= 0.3 is 5.92 Å². The standard InChI is InChI=1S/C19H21F2N3O4S/c1-19(20,21)18-23-15(17(24-18)28-13-6-4-3-5-7-13)16(25)22-14(12-8-9-12)10-11-29(2,26)27/h3-7,10-12,14H,8-9H2,1-2H3,(H,22,25)(H,23,24)/b11-10+/t14-/m1/s1. The number of alkyl halides is 2. The highest BCUT2D eigenvalue weighted by atomic mass is 32.2. The van der Waals surface area contributed by atoms with Gasteiger partial charge in [0.05, 0.1) is 6.04 Å². The molecule has 1 aromatic carbocycles. The number of benzene rings is 1. The summed E-state index contributed by atoms with van der Waals surface area (Å²) in [7, 11) is -3.37. The number of nitrogens with one attached hydrogen (secondary N) is 2. The Labute approximate surface area is 167 Å². The van der Waals surface area contributed by atoms with E-state index in [4.69, 9.17) is 4.74 Å². The van der Waals surface area contributed by atoms with Gasteiger partial charge in [-0.3, -0.25) is 4.79 Å². The Morgan fingerprint density at radius 1 is 1.34 bits per heavy atom. The highest BCUT2D eigenvalue weighted by molar-refractivity contribution is 7.93. The predicted molar refractivity (Wildman–Crippen MR) is 103 cm³/mol. The molecule has 2 aromatic rings. The van der Waals surface area contributed by atoms with Crippen LogP contribution in [-0.2, 0) is 15.8 Å². The second-order valence-electron chi connectivity index (χ2n) is 7.06. The molecule has 0 radical (unpaired) electrons. The molecule has 0 bridgehead atoms. The van der Waals surface area contributed by atoms with Gasteiger partial charge in [-0.25, -0.2) is 8.42 Å². The molecule has 0 aliphatic heterocycles. The SMILES string of the molecule is CC(F)(F)c1nc(Oc2ccccc2)c(C(=O)N[C@H](/C=C/S(C)(=O)=O)C2CC2)[nH]1. The summed E-state index contributed by atoms with van der Waals surface area (Å²) in [5.41, 5.74) is -0.260. The van der Waals surface area contributed by atoms with E-state index in [0.717, 1.165) is 24.5 Å². The first-order valence-electron chi connectivity index (χ1n) is 8.93. The molecule has 2 N–H and O–H groups in total. The summed E-state index contributed by atoms with van der Waals surface area (Å²) < 4.78 is 55.8. The molecule has 1 aliphatic carbocycles. The molecule has 7 nitrogen and oxygen atoms in total. The number of nitrogens with zero attached hydrogens (tertiary/aromatic N) is 1. The molecule has 0 unspecified atom stereocenters. The molecule has 0 saturated heterocycles. The Hall–Kier alpha value is -2.75. The summed E-state index contributed by atoms with van der Waals surface area (Å²) in [5.74, 6) is -4.59. The molecule has 3 rings (SSSR count). The minimum atomic E-state index is -3.37. The van der Waals surface area contributed by atoms with Crippen LogP contribution in [0.4, 0.5) is 8.78 Å². The first kappa shape index (κ1) is 21.0. The van der Waals surface area contributed by atoms with Gasteiger partial charge in [-0.2, -0.15) is 13.8 Å². The lowest BCUT2D eigenvalue weighted by atomic mass is 10.2. The quantitative estimate of drug-likeness (QED) is 0.675. The lowest BCUT2D eigenvalue weighted by molar-refractivity contribution is 0.00830. The summed E-state index contributed by atoms with van der Waals surface area (Å²) >= 11 is 0. The van der Waals surface area contributed by atoms with Crippen molar-refractivity contribution in [3.8, 4) is 11.6 Å². The lowest BCUT2D eigenvalue weighted by Gasteiger charge is -2.14. The number of ether oxygens (including phenoxy) is 1. The summed E-state index contributed by atoms with van der Waals surface area (Å²) in [4.78, 5) is 18.9. The normalized spacial score (nSPS) is 16.0. The molecule has 1 atom stereocenters. The first-order chi connectivity index (χ1) is 13.5. The van der Waals surface area contributed by atoms with Gasteiger partial charge < -0.3 is 15.0 Å². The van der Waals surface area contributed by atoms with E-state index in [1.54, 1.807) is 30.3 Å². The molecule has 1 amide bonds. The smallest absolute Gasteiger partial charge is 0.302 e. The molecule has 1 heterocycles. The van der Waals surface area contributed by atoms with Crippen molar-refractivity contribution in [2.75, 3.05) is 6.26 Å². The number of hydrogen-bond donors (Lipinski definition) is 2. The van der Waals surface area contributed by atoms with Crippen LogP contribution >= 0.6 is 0 Å². The summed E-state index contributed by atoms with van der Waals surface area (Å²) in [6.07, 6.45) is 4.10. The fraction of sp³-hybridized carbons (Fsp3) is 0.368. The number of imidazole rings is 1. The zero-order chi connectivity index (χ0) is 21.2. The van der Waals surface area contributed by atoms with E-state index in [1.807, 2.05) is 0 Å². The number of hydrogen-bond acceptors (Lipinski definition) is 5. The largest absolute Gasteiger partial charge is 0.437 e. The first-order valence-corrected chi connectivity index (χ1v) is 10.9. The molecular formula is C19H21F2N3O4S. The Morgan fingerprint density at radius 3 is 2.55 bits per heavy atom. The highest BCUT2D eigenvalue weighted by Crippen LogP contribution is 2.34. The van der Waals surface area contributed by atoms with Crippen LogP contribution in [0, 0.1) is 5.92 Å². The van der Waals surface area contributed by atoms with Crippen molar-refractivity contribution < 1.29 is 26.7 Å². The highest BCUT2D eigenvalue weighted by Gasteiger charge is 2.35. The Balaban J connectivity index is 1.88. The van der Waals surface area contributed by atoms with Crippen LogP contribution < -0.4 is 10.1 Å². The molecule has 1 fully saturated rings. The Kier molecular flexibility index (Phi) is 5.74. The molecule has 1 aliphatic rings. The number of carbonyl (C=O) groups is 1. The number of halogens is 2. The van der Waals surface area contributed by atoms with Crippen molar-refractivity contribution in [3.63, 3.8) is 0 Å². The van der Waals surface area contributed by atoms with Crippen molar-refractivity contribution >= 4 is 15.7 Å². The molecule has 10 heteroatoms. The lowest BCUT2D eigenvalue weighted by Crippen LogP contribution is -2.35. The van der Waals surface area contributed by atoms with Gasteiger partial charge in [-0.15, -0.1) is 0 Å². The minimum Gasteiger partial charge on any atom is -0.437 e. The number of amides is 1. The van der Waals surface area contributed by atoms with E-state index < -0.39 is 33.5 Å². The molecule has 1 aromatic heterocycles. The maximum absolute atomic E-state index is 13.7. The van der Waals surface area contributed by atoms with E-state index in [0.29, 0.717) is 12.7 Å². The van der Waals surface area contributed by atoms with Crippen molar-refractivity contribution in [2.24, 2.45) is 5.92 Å². The Morgan fingerprint density at radius 2 is 2.00 bits per heavy atom. The van der Waals surface area contributed by atoms with E-state index >= 15 is 0 Å². The van der Waals surface area contributed by atoms with Crippen LogP contribution in [0.2, 0.25) is 0 Å². The average molecular weight is 425 g/mol. The van der Waals surface area contributed by atoms with Gasteiger partial charge in [0, 0.05) is 18.6 Å². The fourth-order valence-electron chi connectivity index (χ4n) is 2.62. The second-order valence-corrected chi connectivity index (χ2v) is 9.00. The number of para-hydroxylation sites is 1. The molecule has 0 spiro atoms. The van der Waals surface area contributed by atoms with E-state index in [-0.39, 0.29) is 17.5 Å². The number of sulfone groups is 1. The monoisotopic (exact) mass is 425 g/mol. The van der Waals surface area contributed by atoms with E-state index in [9.17, 15) is 22.0 Å². The van der Waals surface area contributed by atoms with Crippen LogP contribution in [-0.4, -0.2) is 36.6 Å². The third kappa shape index (κ3) is 5.86. The summed E-state index contributed by atoms with van der Waals surface area (Å²) in [6.45, 7) is 0.654. The number of carbonyl (C=O) groups excluding carboxylic acids is 1. The van der Waals surface area contributed by atoms with Crippen LogP contribution in [0.15, 0.2) is 41.8 Å². The maximum atomic E-state index is 13.7. The van der Waals surface area contributed by atoms with Crippen molar-refractivity contribution in [2.45, 2.75) is 31.7 Å². The molecule has 1 saturated carbocycles. The third-order valence-corrected chi connectivity index (χ3v) is 4.88. The summed E-state index contributed by atoms with van der Waals surface area (Å²) in [5, 5.41) is 3.70. The molecule has 156 valence electrons. The average Bonchev–Trinajstić information content (AvgIpc) is 3.37. The van der Waals surface area contributed by atoms with Crippen molar-refractivity contribution in [1.82, 2.24) is 15.3 Å². The number of aromatic nitrogens is 2. The van der Waals surface area contributed by atoms with E-state index in [2.05, 4.69) is 15.3 Å². The fourth-order valence-corrected chi connectivity index (χ4v) is 3.08. The van der Waals surface area contributed by atoms with Gasteiger partial charge in [0.1, 0.15) is 5.75 Å². The number of aromatic amines is 1. The number of H-pyrrole nitrogens is 1. The third-order valence-electron chi connectivity index (χ3n) is 4.23. The van der Waals surface area contributed by atoms with Gasteiger partial charge in [0.15, 0.2) is 21.4 Å². The van der Waals surface area contributed by atoms with Crippen LogP contribution in [0.25, 0.3) is 0 Å². The van der Waals surface area contributed by atoms with Crippen molar-refractivity contribution in [3.05, 3.63) is 53.3 Å². The van der Waals surface area contributed by atoms with E-state index in [1.165, 1.54) is 6.08 Å². The second kappa shape index (κ2) is 7.94. The van der Waals surface area contributed by atoms with Gasteiger partial charge in [0.25, 0.3) is 11.8 Å². The van der Waals surface area contributed by atoms with Gasteiger partial charge in [-0.05, 0) is 30.9 Å². The van der Waals surface area contributed by atoms with Crippen LogP contribution in [0.1, 0.15) is 36.1 Å². The predicted octanol–water partition coefficient (Wildman–Crippen LogP) is 3.38. The van der Waals surface area contributed by atoms with Crippen LogP contribution in [0.3, 0.4) is 0 Å². The van der Waals surface area contributed by atoms with Crippen molar-refractivity contribution in [1.29, 1.82) is 0 Å². The maximum Gasteiger partial charge on any atom is 0.302 e. The Bertz CT molecular complexity index is 1010. The molecule has 29 heavy (non-hydrogen) atoms. The summed E-state index contributed by atoms with van der Waals surface area (Å²) in [6, 6.07) is 7.79. The van der Waals surface area contributed by atoms with Gasteiger partial charge in [0.2, 0.25) is 0 Å².